The number of anilines is 1. The van der Waals surface area contributed by atoms with Crippen LogP contribution in [0.1, 0.15) is 36.2 Å². The average molecular weight is 278 g/mol. The molecule has 5 heteroatoms. The predicted octanol–water partition coefficient (Wildman–Crippen LogP) is 1.89. The first-order valence-electron chi connectivity index (χ1n) is 6.65. The second-order valence-electron chi connectivity index (χ2n) is 4.95. The summed E-state index contributed by atoms with van der Waals surface area (Å²) in [7, 11) is 1.31. The van der Waals surface area contributed by atoms with E-state index in [1.807, 2.05) is 26.8 Å². The Kier molecular flexibility index (Phi) is 5.55. The second kappa shape index (κ2) is 6.93. The van der Waals surface area contributed by atoms with E-state index in [0.717, 1.165) is 12.0 Å². The monoisotopic (exact) mass is 278 g/mol. The molecule has 2 atom stereocenters. The van der Waals surface area contributed by atoms with E-state index < -0.39 is 12.0 Å². The fourth-order valence-electron chi connectivity index (χ4n) is 1.88. The Morgan fingerprint density at radius 3 is 2.60 bits per heavy atom. The molecule has 0 aliphatic heterocycles. The molecule has 0 saturated heterocycles. The number of amides is 1. The predicted molar refractivity (Wildman–Crippen MR) is 78.3 cm³/mol. The lowest BCUT2D eigenvalue weighted by Crippen LogP contribution is -2.45. The lowest BCUT2D eigenvalue weighted by atomic mass is 9.98. The van der Waals surface area contributed by atoms with Gasteiger partial charge in [-0.2, -0.15) is 0 Å². The standard InChI is InChI=1S/C15H22N2O3/c1-5-10(3)13(15(19)20-4)17-14(18)11-8-9(2)6-7-12(11)16/h6-8,10,13H,5,16H2,1-4H3,(H,17,18). The average Bonchev–Trinajstić information content (AvgIpc) is 2.45. The molecule has 0 aliphatic rings. The van der Waals surface area contributed by atoms with Crippen LogP contribution in [-0.4, -0.2) is 25.0 Å². The quantitative estimate of drug-likeness (QED) is 0.636. The molecule has 0 saturated carbocycles. The van der Waals surface area contributed by atoms with Gasteiger partial charge in [0, 0.05) is 5.69 Å². The first-order chi connectivity index (χ1) is 9.40. The minimum atomic E-state index is -0.669. The number of esters is 1. The lowest BCUT2D eigenvalue weighted by molar-refractivity contribution is -0.144. The Balaban J connectivity index is 2.96. The third-order valence-electron chi connectivity index (χ3n) is 3.41. The maximum atomic E-state index is 12.3. The molecule has 1 amide bonds. The van der Waals surface area contributed by atoms with Crippen LogP contribution in [0.15, 0.2) is 18.2 Å². The molecule has 1 aromatic rings. The molecule has 20 heavy (non-hydrogen) atoms. The third kappa shape index (κ3) is 3.73. The van der Waals surface area contributed by atoms with E-state index in [1.54, 1.807) is 12.1 Å². The number of carbonyl (C=O) groups excluding carboxylic acids is 2. The van der Waals surface area contributed by atoms with Gasteiger partial charge in [-0.1, -0.05) is 31.9 Å². The van der Waals surface area contributed by atoms with Gasteiger partial charge in [-0.05, 0) is 25.0 Å². The normalized spacial score (nSPS) is 13.4. The van der Waals surface area contributed by atoms with Crippen molar-refractivity contribution in [1.82, 2.24) is 5.32 Å². The van der Waals surface area contributed by atoms with Gasteiger partial charge in [-0.15, -0.1) is 0 Å². The van der Waals surface area contributed by atoms with Gasteiger partial charge in [0.15, 0.2) is 0 Å². The summed E-state index contributed by atoms with van der Waals surface area (Å²) in [6.07, 6.45) is 0.753. The summed E-state index contributed by atoms with van der Waals surface area (Å²) in [5.74, 6) is -0.821. The number of nitrogens with one attached hydrogen (secondary N) is 1. The van der Waals surface area contributed by atoms with E-state index in [-0.39, 0.29) is 11.8 Å². The molecule has 0 spiro atoms. The molecule has 2 unspecified atom stereocenters. The minimum Gasteiger partial charge on any atom is -0.467 e. The second-order valence-corrected chi connectivity index (χ2v) is 4.95. The van der Waals surface area contributed by atoms with Crippen LogP contribution in [0.25, 0.3) is 0 Å². The van der Waals surface area contributed by atoms with Crippen molar-refractivity contribution in [2.75, 3.05) is 12.8 Å². The number of methoxy groups -OCH3 is 1. The van der Waals surface area contributed by atoms with Gasteiger partial charge in [0.1, 0.15) is 6.04 Å². The van der Waals surface area contributed by atoms with Crippen molar-refractivity contribution in [2.45, 2.75) is 33.2 Å². The Labute approximate surface area is 119 Å². The van der Waals surface area contributed by atoms with Crippen LogP contribution in [0.5, 0.6) is 0 Å². The highest BCUT2D eigenvalue weighted by Crippen LogP contribution is 2.16. The molecule has 0 aliphatic carbocycles. The zero-order valence-corrected chi connectivity index (χ0v) is 12.4. The van der Waals surface area contributed by atoms with E-state index in [2.05, 4.69) is 5.32 Å². The van der Waals surface area contributed by atoms with Crippen molar-refractivity contribution in [3.8, 4) is 0 Å². The summed E-state index contributed by atoms with van der Waals surface area (Å²) < 4.78 is 4.74. The number of benzene rings is 1. The van der Waals surface area contributed by atoms with Crippen molar-refractivity contribution in [2.24, 2.45) is 5.92 Å². The van der Waals surface area contributed by atoms with Crippen LogP contribution in [0.2, 0.25) is 0 Å². The zero-order chi connectivity index (χ0) is 15.3. The molecular formula is C15H22N2O3. The van der Waals surface area contributed by atoms with Crippen LogP contribution < -0.4 is 11.1 Å². The highest BCUT2D eigenvalue weighted by atomic mass is 16.5. The van der Waals surface area contributed by atoms with Gasteiger partial charge >= 0.3 is 5.97 Å². The summed E-state index contributed by atoms with van der Waals surface area (Å²) >= 11 is 0. The van der Waals surface area contributed by atoms with E-state index >= 15 is 0 Å². The fourth-order valence-corrected chi connectivity index (χ4v) is 1.88. The Bertz CT molecular complexity index is 500. The SMILES string of the molecule is CCC(C)C(NC(=O)c1cc(C)ccc1N)C(=O)OC. The van der Waals surface area contributed by atoms with Crippen molar-refractivity contribution < 1.29 is 14.3 Å². The maximum Gasteiger partial charge on any atom is 0.328 e. The molecule has 0 aromatic heterocycles. The summed E-state index contributed by atoms with van der Waals surface area (Å²) in [5, 5.41) is 2.71. The summed E-state index contributed by atoms with van der Waals surface area (Å²) in [4.78, 5) is 24.0. The number of ether oxygens (including phenoxy) is 1. The molecule has 1 rings (SSSR count). The Morgan fingerprint density at radius 1 is 1.40 bits per heavy atom. The molecule has 0 bridgehead atoms. The van der Waals surface area contributed by atoms with E-state index in [4.69, 9.17) is 10.5 Å². The number of aryl methyl sites for hydroxylation is 1. The van der Waals surface area contributed by atoms with Crippen LogP contribution in [-0.2, 0) is 9.53 Å². The lowest BCUT2D eigenvalue weighted by Gasteiger charge is -2.22. The molecule has 3 N–H and O–H groups in total. The van der Waals surface area contributed by atoms with Crippen LogP contribution in [0.3, 0.4) is 0 Å². The van der Waals surface area contributed by atoms with Crippen LogP contribution >= 0.6 is 0 Å². The van der Waals surface area contributed by atoms with Gasteiger partial charge in [0.2, 0.25) is 0 Å². The van der Waals surface area contributed by atoms with E-state index in [0.29, 0.717) is 11.3 Å². The van der Waals surface area contributed by atoms with E-state index in [9.17, 15) is 9.59 Å². The van der Waals surface area contributed by atoms with Crippen LogP contribution in [0, 0.1) is 12.8 Å². The number of nitrogens with two attached hydrogens (primary N) is 1. The van der Waals surface area contributed by atoms with Crippen molar-refractivity contribution >= 4 is 17.6 Å². The topological polar surface area (TPSA) is 81.4 Å². The summed E-state index contributed by atoms with van der Waals surface area (Å²) in [6.45, 7) is 5.72. The number of rotatable bonds is 5. The molecule has 5 nitrogen and oxygen atoms in total. The molecule has 0 fully saturated rings. The Hall–Kier alpha value is -2.04. The van der Waals surface area contributed by atoms with Gasteiger partial charge < -0.3 is 15.8 Å². The molecular weight excluding hydrogens is 256 g/mol. The van der Waals surface area contributed by atoms with Gasteiger partial charge in [0.05, 0.1) is 12.7 Å². The number of hydrogen-bond donors (Lipinski definition) is 2. The highest BCUT2D eigenvalue weighted by molar-refractivity contribution is 6.01. The fraction of sp³-hybridized carbons (Fsp3) is 0.467. The number of carbonyl (C=O) groups is 2. The zero-order valence-electron chi connectivity index (χ0n) is 12.4. The molecule has 110 valence electrons. The molecule has 1 aromatic carbocycles. The van der Waals surface area contributed by atoms with Crippen LogP contribution in [0.4, 0.5) is 5.69 Å². The smallest absolute Gasteiger partial charge is 0.328 e. The van der Waals surface area contributed by atoms with Gasteiger partial charge in [-0.25, -0.2) is 4.79 Å². The maximum absolute atomic E-state index is 12.3. The van der Waals surface area contributed by atoms with Gasteiger partial charge in [0.25, 0.3) is 5.91 Å². The first-order valence-corrected chi connectivity index (χ1v) is 6.65. The summed E-state index contributed by atoms with van der Waals surface area (Å²) in [6, 6.07) is 4.55. The van der Waals surface area contributed by atoms with E-state index in [1.165, 1.54) is 7.11 Å². The minimum absolute atomic E-state index is 0.0163. The molecule has 0 heterocycles. The molecule has 0 radical (unpaired) electrons. The third-order valence-corrected chi connectivity index (χ3v) is 3.41. The number of hydrogen-bond acceptors (Lipinski definition) is 4. The summed E-state index contributed by atoms with van der Waals surface area (Å²) in [5.41, 5.74) is 7.51. The van der Waals surface area contributed by atoms with Gasteiger partial charge in [-0.3, -0.25) is 4.79 Å². The largest absolute Gasteiger partial charge is 0.467 e. The number of nitrogen functional groups attached to an aromatic ring is 1. The Morgan fingerprint density at radius 2 is 2.05 bits per heavy atom. The first kappa shape index (κ1) is 16.0. The van der Waals surface area contributed by atoms with Crippen molar-refractivity contribution in [1.29, 1.82) is 0 Å². The van der Waals surface area contributed by atoms with Crippen molar-refractivity contribution in [3.05, 3.63) is 29.3 Å². The van der Waals surface area contributed by atoms with Crippen molar-refractivity contribution in [3.63, 3.8) is 0 Å². The highest BCUT2D eigenvalue weighted by Gasteiger charge is 2.27.